The average Bonchev–Trinajstić information content (AvgIpc) is 3.50. The number of carbonyl (C=O) groups excluding carboxylic acids is 2. The number of anilines is 2. The highest BCUT2D eigenvalue weighted by atomic mass is 32.1. The Bertz CT molecular complexity index is 1770. The Kier molecular flexibility index (Phi) is 6.13. The molecule has 0 fully saturated rings. The van der Waals surface area contributed by atoms with Gasteiger partial charge in [-0.05, 0) is 25.0 Å². The van der Waals surface area contributed by atoms with Gasteiger partial charge in [0.25, 0.3) is 0 Å². The van der Waals surface area contributed by atoms with Crippen molar-refractivity contribution in [3.05, 3.63) is 82.1 Å². The van der Waals surface area contributed by atoms with E-state index in [2.05, 4.69) is 9.97 Å². The lowest BCUT2D eigenvalue weighted by atomic mass is 10.0. The number of rotatable bonds is 6. The summed E-state index contributed by atoms with van der Waals surface area (Å²) in [6, 6.07) is 19.2. The molecule has 0 bridgehead atoms. The van der Waals surface area contributed by atoms with Gasteiger partial charge in [-0.25, -0.2) is 19.9 Å². The number of fused-ring (bicyclic) bond motifs is 2. The van der Waals surface area contributed by atoms with Crippen molar-refractivity contribution >= 4 is 66.3 Å². The van der Waals surface area contributed by atoms with Gasteiger partial charge in [0.1, 0.15) is 32.9 Å². The Morgan fingerprint density at radius 1 is 0.641 bits per heavy atom. The number of hydrogen-bond acceptors (Lipinski definition) is 10. The van der Waals surface area contributed by atoms with Gasteiger partial charge in [0.2, 0.25) is 0 Å². The molecule has 4 heterocycles. The number of Topliss-reactive ketones (excluding diaryl/α,β-unsaturated/α-hetero) is 2. The Balaban J connectivity index is 1.46. The van der Waals surface area contributed by atoms with E-state index in [1.807, 2.05) is 60.7 Å². The van der Waals surface area contributed by atoms with E-state index in [0.717, 1.165) is 22.3 Å². The molecule has 0 saturated heterocycles. The highest BCUT2D eigenvalue weighted by Crippen LogP contribution is 2.42. The van der Waals surface area contributed by atoms with Crippen molar-refractivity contribution in [2.24, 2.45) is 0 Å². The average molecular weight is 551 g/mol. The minimum atomic E-state index is -0.0625. The van der Waals surface area contributed by atoms with Crippen LogP contribution in [0.4, 0.5) is 11.6 Å². The zero-order chi connectivity index (χ0) is 27.3. The van der Waals surface area contributed by atoms with Crippen LogP contribution in [0.25, 0.3) is 42.7 Å². The third-order valence-corrected chi connectivity index (χ3v) is 8.70. The molecule has 2 aromatic carbocycles. The summed E-state index contributed by atoms with van der Waals surface area (Å²) >= 11 is 2.59. The van der Waals surface area contributed by atoms with Crippen LogP contribution in [0.5, 0.6) is 0 Å². The van der Waals surface area contributed by atoms with Crippen molar-refractivity contribution < 1.29 is 9.59 Å². The zero-order valence-electron chi connectivity index (χ0n) is 21.1. The molecule has 0 spiro atoms. The molecule has 192 valence electrons. The predicted octanol–water partition coefficient (Wildman–Crippen LogP) is 6.19. The summed E-state index contributed by atoms with van der Waals surface area (Å²) in [5.74, 6) is 1.28. The van der Waals surface area contributed by atoms with Gasteiger partial charge in [0.15, 0.2) is 11.6 Å². The molecule has 4 aromatic heterocycles. The van der Waals surface area contributed by atoms with Gasteiger partial charge in [-0.3, -0.25) is 9.59 Å². The first-order valence-corrected chi connectivity index (χ1v) is 13.8. The van der Waals surface area contributed by atoms with E-state index in [1.54, 1.807) is 0 Å². The molecule has 6 rings (SSSR count). The quantitative estimate of drug-likeness (QED) is 0.234. The molecule has 0 atom stereocenters. The Morgan fingerprint density at radius 2 is 1.03 bits per heavy atom. The summed E-state index contributed by atoms with van der Waals surface area (Å²) in [6.07, 6.45) is 0.183. The summed E-state index contributed by atoms with van der Waals surface area (Å²) in [7, 11) is 0. The fourth-order valence-electron chi connectivity index (χ4n) is 4.70. The lowest BCUT2D eigenvalue weighted by Crippen LogP contribution is -2.06. The first kappa shape index (κ1) is 24.8. The van der Waals surface area contributed by atoms with Crippen molar-refractivity contribution in [2.75, 3.05) is 11.5 Å². The smallest absolute Gasteiger partial charge is 0.170 e. The first-order chi connectivity index (χ1) is 18.8. The number of nitrogens with two attached hydrogens (primary N) is 2. The van der Waals surface area contributed by atoms with Gasteiger partial charge in [0.05, 0.1) is 26.9 Å². The second kappa shape index (κ2) is 9.64. The zero-order valence-corrected chi connectivity index (χ0v) is 22.7. The fraction of sp³-hybridized carbons (Fsp3) is 0.103. The summed E-state index contributed by atoms with van der Waals surface area (Å²) in [5.41, 5.74) is 16.2. The number of nitrogens with zero attached hydrogens (tertiary/aromatic N) is 4. The molecule has 0 aliphatic rings. The van der Waals surface area contributed by atoms with Crippen LogP contribution in [0.15, 0.2) is 60.7 Å². The maximum atomic E-state index is 12.5. The van der Waals surface area contributed by atoms with Crippen LogP contribution in [0, 0.1) is 0 Å². The van der Waals surface area contributed by atoms with E-state index < -0.39 is 0 Å². The molecule has 0 aliphatic heterocycles. The highest BCUT2D eigenvalue weighted by Gasteiger charge is 2.24. The van der Waals surface area contributed by atoms with Gasteiger partial charge < -0.3 is 11.5 Å². The third-order valence-electron chi connectivity index (χ3n) is 6.33. The second-order valence-corrected chi connectivity index (χ2v) is 11.0. The molecule has 0 aliphatic carbocycles. The number of nitrogen functional groups attached to an aromatic ring is 2. The minimum absolute atomic E-state index is 0.0625. The highest BCUT2D eigenvalue weighted by molar-refractivity contribution is 7.21. The van der Waals surface area contributed by atoms with E-state index in [9.17, 15) is 9.59 Å². The lowest BCUT2D eigenvalue weighted by Gasteiger charge is -2.07. The third kappa shape index (κ3) is 4.33. The summed E-state index contributed by atoms with van der Waals surface area (Å²) < 4.78 is 0. The molecule has 0 saturated carbocycles. The monoisotopic (exact) mass is 550 g/mol. The Hall–Kier alpha value is -4.54. The van der Waals surface area contributed by atoms with E-state index in [-0.39, 0.29) is 29.6 Å². The van der Waals surface area contributed by atoms with Gasteiger partial charge in [0, 0.05) is 11.1 Å². The minimum Gasteiger partial charge on any atom is -0.383 e. The number of hydrogen-bond donors (Lipinski definition) is 2. The van der Waals surface area contributed by atoms with Gasteiger partial charge in [-0.2, -0.15) is 0 Å². The number of aromatic nitrogens is 4. The second-order valence-electron chi connectivity index (χ2n) is 9.04. The SMILES string of the molecule is CC(=O)c1sc2nc(Cc3nc(N)c4c(-c5ccccc5)c(C(C)=O)sc4n3)nc(N)c2c1-c1ccccc1. The fourth-order valence-corrected chi connectivity index (χ4v) is 6.94. The first-order valence-electron chi connectivity index (χ1n) is 12.1. The van der Waals surface area contributed by atoms with E-state index in [4.69, 9.17) is 21.4 Å². The maximum absolute atomic E-state index is 12.5. The Morgan fingerprint density at radius 3 is 1.38 bits per heavy atom. The van der Waals surface area contributed by atoms with Crippen molar-refractivity contribution in [3.8, 4) is 22.3 Å². The predicted molar refractivity (Wildman–Crippen MR) is 157 cm³/mol. The van der Waals surface area contributed by atoms with Crippen molar-refractivity contribution in [3.63, 3.8) is 0 Å². The molecular formula is C29H22N6O2S2. The molecular weight excluding hydrogens is 528 g/mol. The molecule has 0 amide bonds. The van der Waals surface area contributed by atoms with Crippen LogP contribution in [0.1, 0.15) is 44.8 Å². The number of carbonyl (C=O) groups is 2. The van der Waals surface area contributed by atoms with Crippen LogP contribution in [0.3, 0.4) is 0 Å². The molecule has 10 heteroatoms. The van der Waals surface area contributed by atoms with Crippen LogP contribution < -0.4 is 11.5 Å². The van der Waals surface area contributed by atoms with Crippen LogP contribution in [-0.4, -0.2) is 31.5 Å². The number of thiophene rings is 2. The van der Waals surface area contributed by atoms with Gasteiger partial charge in [-0.1, -0.05) is 60.7 Å². The summed E-state index contributed by atoms with van der Waals surface area (Å²) in [6.45, 7) is 3.07. The topological polar surface area (TPSA) is 138 Å². The van der Waals surface area contributed by atoms with Gasteiger partial charge >= 0.3 is 0 Å². The van der Waals surface area contributed by atoms with Gasteiger partial charge in [-0.15, -0.1) is 22.7 Å². The van der Waals surface area contributed by atoms with E-state index in [0.29, 0.717) is 41.8 Å². The molecule has 39 heavy (non-hydrogen) atoms. The van der Waals surface area contributed by atoms with Crippen molar-refractivity contribution in [2.45, 2.75) is 20.3 Å². The summed E-state index contributed by atoms with van der Waals surface area (Å²) in [4.78, 5) is 46.0. The normalized spacial score (nSPS) is 11.3. The summed E-state index contributed by atoms with van der Waals surface area (Å²) in [5, 5.41) is 1.32. The number of benzene rings is 2. The largest absolute Gasteiger partial charge is 0.383 e. The lowest BCUT2D eigenvalue weighted by molar-refractivity contribution is 0.101. The van der Waals surface area contributed by atoms with Crippen molar-refractivity contribution in [1.82, 2.24) is 19.9 Å². The standard InChI is InChI=1S/C29H22N6O2S2/c1-14(36)24-20(16-9-5-3-6-10-16)22-26(30)32-18(34-28(22)38-24)13-19-33-27(31)23-21(17-11-7-4-8-12-17)25(15(2)37)39-29(23)35-19/h3-12H,13H2,1-2H3,(H2,30,32,34)(H2,31,33,35). The van der Waals surface area contributed by atoms with E-state index in [1.165, 1.54) is 36.5 Å². The molecule has 8 nitrogen and oxygen atoms in total. The molecule has 6 aromatic rings. The van der Waals surface area contributed by atoms with Crippen LogP contribution >= 0.6 is 22.7 Å². The van der Waals surface area contributed by atoms with E-state index >= 15 is 0 Å². The van der Waals surface area contributed by atoms with Crippen LogP contribution in [0.2, 0.25) is 0 Å². The molecule has 0 unspecified atom stereocenters. The molecule has 0 radical (unpaired) electrons. The number of ketones is 2. The molecule has 4 N–H and O–H groups in total. The van der Waals surface area contributed by atoms with Crippen LogP contribution in [-0.2, 0) is 6.42 Å². The van der Waals surface area contributed by atoms with Crippen molar-refractivity contribution in [1.29, 1.82) is 0 Å². The Labute approximate surface area is 231 Å². The maximum Gasteiger partial charge on any atom is 0.170 e.